The summed E-state index contributed by atoms with van der Waals surface area (Å²) in [5.41, 5.74) is 0.941. The van der Waals surface area contributed by atoms with Gasteiger partial charge in [0.05, 0.1) is 5.02 Å². The maximum atomic E-state index is 5.97. The van der Waals surface area contributed by atoms with Crippen molar-refractivity contribution in [3.8, 4) is 0 Å². The van der Waals surface area contributed by atoms with Crippen molar-refractivity contribution in [2.45, 2.75) is 13.3 Å². The van der Waals surface area contributed by atoms with Gasteiger partial charge in [0.2, 0.25) is 0 Å². The summed E-state index contributed by atoms with van der Waals surface area (Å²) in [4.78, 5) is 4.49. The van der Waals surface area contributed by atoms with Crippen LogP contribution in [-0.4, -0.2) is 11.5 Å². The number of nitrogens with zero attached hydrogens (tertiary/aromatic N) is 1. The highest BCUT2D eigenvalue weighted by atomic mass is 79.9. The first-order valence-electron chi connectivity index (χ1n) is 6.12. The molecule has 5 heteroatoms. The smallest absolute Gasteiger partial charge is 0.132 e. The number of nitrogens with one attached hydrogen (secondary N) is 2. The third kappa shape index (κ3) is 4.11. The summed E-state index contributed by atoms with van der Waals surface area (Å²) >= 11 is 9.37. The van der Waals surface area contributed by atoms with E-state index >= 15 is 0 Å². The summed E-state index contributed by atoms with van der Waals surface area (Å²) in [6, 6.07) is 11.5. The lowest BCUT2D eigenvalue weighted by molar-refractivity contribution is 0.970. The number of anilines is 3. The highest BCUT2D eigenvalue weighted by molar-refractivity contribution is 9.10. The fourth-order valence-electron chi connectivity index (χ4n) is 1.58. The van der Waals surface area contributed by atoms with Crippen LogP contribution in [0.15, 0.2) is 40.9 Å². The third-order valence-corrected chi connectivity index (χ3v) is 3.71. The van der Waals surface area contributed by atoms with Crippen LogP contribution in [0.3, 0.4) is 0 Å². The van der Waals surface area contributed by atoms with Gasteiger partial charge in [-0.3, -0.25) is 0 Å². The summed E-state index contributed by atoms with van der Waals surface area (Å²) in [5, 5.41) is 7.20. The van der Waals surface area contributed by atoms with Crippen molar-refractivity contribution in [2.24, 2.45) is 0 Å². The topological polar surface area (TPSA) is 37.0 Å². The number of hydrogen-bond donors (Lipinski definition) is 2. The van der Waals surface area contributed by atoms with E-state index in [9.17, 15) is 0 Å². The summed E-state index contributed by atoms with van der Waals surface area (Å²) in [6.45, 7) is 3.04. The van der Waals surface area contributed by atoms with Crippen LogP contribution in [0.25, 0.3) is 0 Å². The molecule has 3 nitrogen and oxygen atoms in total. The van der Waals surface area contributed by atoms with Crippen LogP contribution in [0.4, 0.5) is 17.3 Å². The van der Waals surface area contributed by atoms with E-state index < -0.39 is 0 Å². The Hall–Kier alpha value is -1.26. The van der Waals surface area contributed by atoms with Crippen LogP contribution in [-0.2, 0) is 0 Å². The molecule has 0 fully saturated rings. The molecule has 0 aliphatic heterocycles. The molecule has 0 atom stereocenters. The van der Waals surface area contributed by atoms with E-state index in [1.807, 2.05) is 36.4 Å². The minimum absolute atomic E-state index is 0.692. The largest absolute Gasteiger partial charge is 0.370 e. The van der Waals surface area contributed by atoms with E-state index in [1.165, 1.54) is 0 Å². The van der Waals surface area contributed by atoms with Crippen molar-refractivity contribution >= 4 is 44.9 Å². The third-order valence-electron chi connectivity index (χ3n) is 2.50. The van der Waals surface area contributed by atoms with Crippen LogP contribution in [0.2, 0.25) is 5.02 Å². The molecule has 0 amide bonds. The van der Waals surface area contributed by atoms with Gasteiger partial charge < -0.3 is 10.6 Å². The molecular weight excluding hydrogens is 326 g/mol. The monoisotopic (exact) mass is 339 g/mol. The molecular formula is C14H15BrClN3. The van der Waals surface area contributed by atoms with E-state index in [0.29, 0.717) is 5.02 Å². The lowest BCUT2D eigenvalue weighted by Crippen LogP contribution is -2.03. The number of hydrogen-bond acceptors (Lipinski definition) is 3. The zero-order valence-electron chi connectivity index (χ0n) is 10.6. The number of pyridine rings is 1. The van der Waals surface area contributed by atoms with Crippen molar-refractivity contribution in [3.63, 3.8) is 0 Å². The van der Waals surface area contributed by atoms with Crippen LogP contribution < -0.4 is 10.6 Å². The highest BCUT2D eigenvalue weighted by Crippen LogP contribution is 2.27. The Kier molecular flexibility index (Phi) is 5.05. The van der Waals surface area contributed by atoms with E-state index in [-0.39, 0.29) is 0 Å². The zero-order valence-corrected chi connectivity index (χ0v) is 12.9. The van der Waals surface area contributed by atoms with Crippen LogP contribution >= 0.6 is 27.5 Å². The second-order valence-electron chi connectivity index (χ2n) is 4.09. The van der Waals surface area contributed by atoms with Crippen molar-refractivity contribution in [1.82, 2.24) is 4.98 Å². The molecule has 2 aromatic rings. The predicted octanol–water partition coefficient (Wildman–Crippen LogP) is 5.06. The summed E-state index contributed by atoms with van der Waals surface area (Å²) in [7, 11) is 0. The minimum Gasteiger partial charge on any atom is -0.370 e. The van der Waals surface area contributed by atoms with Gasteiger partial charge in [-0.05, 0) is 52.7 Å². The summed E-state index contributed by atoms with van der Waals surface area (Å²) in [5.74, 6) is 1.68. The Labute approximate surface area is 126 Å². The molecule has 0 bridgehead atoms. The maximum absolute atomic E-state index is 5.97. The number of benzene rings is 1. The van der Waals surface area contributed by atoms with Crippen molar-refractivity contribution in [3.05, 3.63) is 45.9 Å². The number of halogens is 2. The van der Waals surface area contributed by atoms with Gasteiger partial charge in [0.15, 0.2) is 0 Å². The molecule has 2 rings (SSSR count). The van der Waals surface area contributed by atoms with Gasteiger partial charge in [0.25, 0.3) is 0 Å². The molecule has 0 saturated carbocycles. The zero-order chi connectivity index (χ0) is 13.7. The second kappa shape index (κ2) is 6.78. The predicted molar refractivity (Wildman–Crippen MR) is 85.5 cm³/mol. The lowest BCUT2D eigenvalue weighted by atomic mass is 10.3. The van der Waals surface area contributed by atoms with Crippen LogP contribution in [0.5, 0.6) is 0 Å². The fourth-order valence-corrected chi connectivity index (χ4v) is 2.07. The van der Waals surface area contributed by atoms with Gasteiger partial charge in [0, 0.05) is 16.7 Å². The van der Waals surface area contributed by atoms with E-state index in [2.05, 4.69) is 38.5 Å². The summed E-state index contributed by atoms with van der Waals surface area (Å²) < 4.78 is 0.861. The lowest BCUT2D eigenvalue weighted by Gasteiger charge is -2.09. The van der Waals surface area contributed by atoms with Gasteiger partial charge in [-0.15, -0.1) is 0 Å². The fraction of sp³-hybridized carbons (Fsp3) is 0.214. The van der Waals surface area contributed by atoms with Gasteiger partial charge in [0.1, 0.15) is 11.6 Å². The first-order valence-corrected chi connectivity index (χ1v) is 7.29. The molecule has 100 valence electrons. The quantitative estimate of drug-likeness (QED) is 0.798. The Balaban J connectivity index is 2.11. The van der Waals surface area contributed by atoms with Crippen molar-refractivity contribution in [1.29, 1.82) is 0 Å². The van der Waals surface area contributed by atoms with Crippen molar-refractivity contribution in [2.75, 3.05) is 17.2 Å². The molecule has 1 heterocycles. The molecule has 0 unspecified atom stereocenters. The van der Waals surface area contributed by atoms with Crippen LogP contribution in [0.1, 0.15) is 13.3 Å². The van der Waals surface area contributed by atoms with Crippen molar-refractivity contribution < 1.29 is 0 Å². The highest BCUT2D eigenvalue weighted by Gasteiger charge is 2.01. The van der Waals surface area contributed by atoms with E-state index in [1.54, 1.807) is 0 Å². The van der Waals surface area contributed by atoms with Gasteiger partial charge in [-0.2, -0.15) is 0 Å². The Bertz CT molecular complexity index is 560. The Morgan fingerprint density at radius 1 is 1.21 bits per heavy atom. The number of aromatic nitrogens is 1. The van der Waals surface area contributed by atoms with E-state index in [4.69, 9.17) is 11.6 Å². The summed E-state index contributed by atoms with van der Waals surface area (Å²) in [6.07, 6.45) is 1.07. The van der Waals surface area contributed by atoms with E-state index in [0.717, 1.165) is 34.8 Å². The molecule has 1 aromatic heterocycles. The average molecular weight is 341 g/mol. The average Bonchev–Trinajstić information content (AvgIpc) is 2.41. The maximum Gasteiger partial charge on any atom is 0.132 e. The van der Waals surface area contributed by atoms with Gasteiger partial charge in [-0.1, -0.05) is 24.6 Å². The SMILES string of the molecule is CCCNc1cccc(Nc2ccc(Cl)c(Br)c2)n1. The standard InChI is InChI=1S/C14H15BrClN3/c1-2-8-17-13-4-3-5-14(19-13)18-10-6-7-12(16)11(15)9-10/h3-7,9H,2,8H2,1H3,(H2,17,18,19). The Morgan fingerprint density at radius 2 is 2.00 bits per heavy atom. The second-order valence-corrected chi connectivity index (χ2v) is 5.35. The first-order chi connectivity index (χ1) is 9.19. The molecule has 0 radical (unpaired) electrons. The molecule has 0 aliphatic carbocycles. The number of rotatable bonds is 5. The molecule has 0 aliphatic rings. The molecule has 0 spiro atoms. The molecule has 1 aromatic carbocycles. The molecule has 2 N–H and O–H groups in total. The molecule has 0 saturated heterocycles. The molecule has 19 heavy (non-hydrogen) atoms. The normalized spacial score (nSPS) is 10.3. The van der Waals surface area contributed by atoms with Gasteiger partial charge >= 0.3 is 0 Å². The minimum atomic E-state index is 0.692. The van der Waals surface area contributed by atoms with Crippen LogP contribution in [0, 0.1) is 0 Å². The Morgan fingerprint density at radius 3 is 2.74 bits per heavy atom. The first kappa shape index (κ1) is 14.2. The van der Waals surface area contributed by atoms with Gasteiger partial charge in [-0.25, -0.2) is 4.98 Å².